The molecule has 0 aliphatic rings. The Hall–Kier alpha value is -1.35. The Morgan fingerprint density at radius 1 is 1.47 bits per heavy atom. The summed E-state index contributed by atoms with van der Waals surface area (Å²) in [5.41, 5.74) is 3.31. The second-order valence-electron chi connectivity index (χ2n) is 4.05. The van der Waals surface area contributed by atoms with Crippen LogP contribution >= 0.6 is 0 Å². The zero-order valence-electron chi connectivity index (χ0n) is 9.36. The van der Waals surface area contributed by atoms with Crippen LogP contribution in [0.4, 0.5) is 0 Å². The molecule has 0 saturated heterocycles. The number of aryl methyl sites for hydroxylation is 2. The maximum Gasteiger partial charge on any atom is 0.106 e. The number of aromatic nitrogens is 2. The summed E-state index contributed by atoms with van der Waals surface area (Å²) in [6.45, 7) is 4.20. The van der Waals surface area contributed by atoms with Crippen LogP contribution in [0, 0.1) is 6.92 Å². The normalized spacial score (nSPS) is 13.3. The first-order valence-corrected chi connectivity index (χ1v) is 5.17. The fourth-order valence-corrected chi connectivity index (χ4v) is 1.74. The standard InChI is InChI=1S/C12H16N2O/c1-8(7-15)10-4-5-11-12(6-10)14(3)9(2)13-11/h4-6,8,15H,7H2,1-3H3. The van der Waals surface area contributed by atoms with Gasteiger partial charge in [0.15, 0.2) is 0 Å². The number of imidazole rings is 1. The molecule has 3 nitrogen and oxygen atoms in total. The summed E-state index contributed by atoms with van der Waals surface area (Å²) in [7, 11) is 2.01. The van der Waals surface area contributed by atoms with Crippen molar-refractivity contribution in [3.63, 3.8) is 0 Å². The van der Waals surface area contributed by atoms with Crippen LogP contribution < -0.4 is 0 Å². The molecule has 80 valence electrons. The molecule has 0 fully saturated rings. The molecule has 1 aromatic heterocycles. The fourth-order valence-electron chi connectivity index (χ4n) is 1.74. The van der Waals surface area contributed by atoms with E-state index >= 15 is 0 Å². The molecule has 0 saturated carbocycles. The van der Waals surface area contributed by atoms with Crippen LogP contribution in [-0.2, 0) is 7.05 Å². The van der Waals surface area contributed by atoms with Crippen molar-refractivity contribution in [3.05, 3.63) is 29.6 Å². The maximum absolute atomic E-state index is 9.11. The van der Waals surface area contributed by atoms with Gasteiger partial charge in [0.1, 0.15) is 5.82 Å². The Bertz CT molecular complexity index is 488. The Kier molecular flexibility index (Phi) is 2.49. The van der Waals surface area contributed by atoms with Gasteiger partial charge in [-0.25, -0.2) is 4.98 Å². The SMILES string of the molecule is Cc1nc2ccc(C(C)CO)cc2n1C. The first-order valence-electron chi connectivity index (χ1n) is 5.17. The number of aliphatic hydroxyl groups is 1. The summed E-state index contributed by atoms with van der Waals surface area (Å²) in [6, 6.07) is 6.16. The Morgan fingerprint density at radius 2 is 2.20 bits per heavy atom. The van der Waals surface area contributed by atoms with Gasteiger partial charge in [0, 0.05) is 19.6 Å². The highest BCUT2D eigenvalue weighted by Gasteiger charge is 2.08. The number of rotatable bonds is 2. The van der Waals surface area contributed by atoms with Crippen LogP contribution in [0.5, 0.6) is 0 Å². The summed E-state index contributed by atoms with van der Waals surface area (Å²) in [5.74, 6) is 1.20. The Balaban J connectivity index is 2.59. The van der Waals surface area contributed by atoms with Crippen molar-refractivity contribution in [1.82, 2.24) is 9.55 Å². The summed E-state index contributed by atoms with van der Waals surface area (Å²) >= 11 is 0. The number of benzene rings is 1. The average molecular weight is 204 g/mol. The molecule has 0 spiro atoms. The third-order valence-electron chi connectivity index (χ3n) is 2.97. The van der Waals surface area contributed by atoms with Crippen molar-refractivity contribution in [1.29, 1.82) is 0 Å². The van der Waals surface area contributed by atoms with Crippen LogP contribution in [0.15, 0.2) is 18.2 Å². The highest BCUT2D eigenvalue weighted by atomic mass is 16.3. The fraction of sp³-hybridized carbons (Fsp3) is 0.417. The lowest BCUT2D eigenvalue weighted by molar-refractivity contribution is 0.273. The lowest BCUT2D eigenvalue weighted by atomic mass is 10.0. The van der Waals surface area contributed by atoms with Gasteiger partial charge in [0.05, 0.1) is 11.0 Å². The predicted molar refractivity (Wildman–Crippen MR) is 61.0 cm³/mol. The molecular weight excluding hydrogens is 188 g/mol. The van der Waals surface area contributed by atoms with E-state index in [1.807, 2.05) is 33.0 Å². The van der Waals surface area contributed by atoms with E-state index in [0.717, 1.165) is 22.4 Å². The summed E-state index contributed by atoms with van der Waals surface area (Å²) in [4.78, 5) is 4.44. The molecule has 1 unspecified atom stereocenters. The van der Waals surface area contributed by atoms with Crippen molar-refractivity contribution in [2.45, 2.75) is 19.8 Å². The van der Waals surface area contributed by atoms with Gasteiger partial charge in [-0.05, 0) is 24.6 Å². The van der Waals surface area contributed by atoms with E-state index < -0.39 is 0 Å². The molecule has 0 aliphatic heterocycles. The van der Waals surface area contributed by atoms with Gasteiger partial charge >= 0.3 is 0 Å². The van der Waals surface area contributed by atoms with E-state index in [9.17, 15) is 0 Å². The molecule has 0 radical (unpaired) electrons. The molecule has 0 bridgehead atoms. The van der Waals surface area contributed by atoms with E-state index in [-0.39, 0.29) is 12.5 Å². The van der Waals surface area contributed by atoms with E-state index in [1.165, 1.54) is 0 Å². The molecule has 0 aliphatic carbocycles. The predicted octanol–water partition coefficient (Wildman–Crippen LogP) is 1.98. The molecular formula is C12H16N2O. The zero-order chi connectivity index (χ0) is 11.0. The highest BCUT2D eigenvalue weighted by molar-refractivity contribution is 5.76. The van der Waals surface area contributed by atoms with Gasteiger partial charge in [0.2, 0.25) is 0 Å². The van der Waals surface area contributed by atoms with Gasteiger partial charge in [0.25, 0.3) is 0 Å². The quantitative estimate of drug-likeness (QED) is 0.812. The largest absolute Gasteiger partial charge is 0.396 e. The van der Waals surface area contributed by atoms with E-state index in [0.29, 0.717) is 0 Å². The maximum atomic E-state index is 9.11. The van der Waals surface area contributed by atoms with Gasteiger partial charge in [-0.2, -0.15) is 0 Å². The second-order valence-corrected chi connectivity index (χ2v) is 4.05. The molecule has 2 aromatic rings. The van der Waals surface area contributed by atoms with Gasteiger partial charge in [-0.1, -0.05) is 13.0 Å². The van der Waals surface area contributed by atoms with Crippen molar-refractivity contribution < 1.29 is 5.11 Å². The van der Waals surface area contributed by atoms with Crippen molar-refractivity contribution in [3.8, 4) is 0 Å². The molecule has 15 heavy (non-hydrogen) atoms. The van der Waals surface area contributed by atoms with Gasteiger partial charge in [-0.15, -0.1) is 0 Å². The first-order chi connectivity index (χ1) is 7.13. The third kappa shape index (κ3) is 1.63. The van der Waals surface area contributed by atoms with Crippen LogP contribution in [0.3, 0.4) is 0 Å². The Labute approximate surface area is 89.4 Å². The number of nitrogens with zero attached hydrogens (tertiary/aromatic N) is 2. The van der Waals surface area contributed by atoms with Gasteiger partial charge in [-0.3, -0.25) is 0 Å². The second kappa shape index (κ2) is 3.66. The lowest BCUT2D eigenvalue weighted by Crippen LogP contribution is -1.99. The first kappa shape index (κ1) is 10.2. The molecule has 1 atom stereocenters. The minimum absolute atomic E-state index is 0.183. The summed E-state index contributed by atoms with van der Waals surface area (Å²) in [5, 5.41) is 9.11. The topological polar surface area (TPSA) is 38.1 Å². The number of aliphatic hydroxyl groups excluding tert-OH is 1. The summed E-state index contributed by atoms with van der Waals surface area (Å²) < 4.78 is 2.07. The molecule has 0 amide bonds. The van der Waals surface area contributed by atoms with Gasteiger partial charge < -0.3 is 9.67 Å². The molecule has 1 N–H and O–H groups in total. The number of hydrogen-bond donors (Lipinski definition) is 1. The van der Waals surface area contributed by atoms with E-state index in [4.69, 9.17) is 5.11 Å². The highest BCUT2D eigenvalue weighted by Crippen LogP contribution is 2.21. The molecule has 1 aromatic carbocycles. The van der Waals surface area contributed by atoms with Crippen molar-refractivity contribution >= 4 is 11.0 Å². The number of fused-ring (bicyclic) bond motifs is 1. The number of hydrogen-bond acceptors (Lipinski definition) is 2. The smallest absolute Gasteiger partial charge is 0.106 e. The Morgan fingerprint density at radius 3 is 2.87 bits per heavy atom. The summed E-state index contributed by atoms with van der Waals surface area (Å²) in [6.07, 6.45) is 0. The molecule has 3 heteroatoms. The van der Waals surface area contributed by atoms with Crippen molar-refractivity contribution in [2.24, 2.45) is 7.05 Å². The van der Waals surface area contributed by atoms with Crippen LogP contribution in [0.1, 0.15) is 24.2 Å². The zero-order valence-corrected chi connectivity index (χ0v) is 9.36. The van der Waals surface area contributed by atoms with Crippen LogP contribution in [0.25, 0.3) is 11.0 Å². The average Bonchev–Trinajstić information content (AvgIpc) is 2.54. The monoisotopic (exact) mass is 204 g/mol. The van der Waals surface area contributed by atoms with E-state index in [2.05, 4.69) is 15.6 Å². The van der Waals surface area contributed by atoms with Crippen molar-refractivity contribution in [2.75, 3.05) is 6.61 Å². The lowest BCUT2D eigenvalue weighted by Gasteiger charge is -2.08. The minimum atomic E-state index is 0.183. The third-order valence-corrected chi connectivity index (χ3v) is 2.97. The minimum Gasteiger partial charge on any atom is -0.396 e. The van der Waals surface area contributed by atoms with E-state index in [1.54, 1.807) is 0 Å². The molecule has 1 heterocycles. The van der Waals surface area contributed by atoms with Crippen LogP contribution in [0.2, 0.25) is 0 Å². The van der Waals surface area contributed by atoms with Crippen LogP contribution in [-0.4, -0.2) is 21.3 Å². The molecule has 2 rings (SSSR count).